The number of benzene rings is 1. The highest BCUT2D eigenvalue weighted by Gasteiger charge is 2.19. The highest BCUT2D eigenvalue weighted by atomic mass is 16.5. The first-order valence-corrected chi connectivity index (χ1v) is 6.04. The van der Waals surface area contributed by atoms with Crippen molar-refractivity contribution in [1.82, 2.24) is 4.98 Å². The lowest BCUT2D eigenvalue weighted by Gasteiger charge is -2.12. The Hall–Kier alpha value is -3.25. The summed E-state index contributed by atoms with van der Waals surface area (Å²) in [6.07, 6.45) is 0. The highest BCUT2D eigenvalue weighted by molar-refractivity contribution is 5.82. The number of aryl methyl sites for hydroxylation is 1. The molecule has 0 fully saturated rings. The summed E-state index contributed by atoms with van der Waals surface area (Å²) in [5.41, 5.74) is 6.65. The lowest BCUT2D eigenvalue weighted by atomic mass is 9.93. The van der Waals surface area contributed by atoms with Gasteiger partial charge in [-0.1, -0.05) is 6.07 Å². The van der Waals surface area contributed by atoms with Crippen LogP contribution in [0, 0.1) is 29.6 Å². The van der Waals surface area contributed by atoms with E-state index >= 15 is 0 Å². The third-order valence-corrected chi connectivity index (χ3v) is 3.17. The van der Waals surface area contributed by atoms with Crippen LogP contribution in [0.2, 0.25) is 0 Å². The Morgan fingerprint density at radius 2 is 1.90 bits per heavy atom. The summed E-state index contributed by atoms with van der Waals surface area (Å²) in [7, 11) is 1.54. The monoisotopic (exact) mass is 280 g/mol. The number of aromatic nitrogens is 1. The number of pyridine rings is 1. The summed E-state index contributed by atoms with van der Waals surface area (Å²) < 4.78 is 5.12. The number of nitrogens with zero attached hydrogens (tertiary/aromatic N) is 2. The van der Waals surface area contributed by atoms with Crippen molar-refractivity contribution in [2.75, 3.05) is 12.8 Å². The molecule has 3 N–H and O–H groups in total. The number of rotatable bonds is 2. The van der Waals surface area contributed by atoms with Gasteiger partial charge >= 0.3 is 0 Å². The van der Waals surface area contributed by atoms with Crippen LogP contribution in [0.25, 0.3) is 11.1 Å². The summed E-state index contributed by atoms with van der Waals surface area (Å²) >= 11 is 0. The molecule has 2 aromatic rings. The second-order valence-electron chi connectivity index (χ2n) is 4.40. The van der Waals surface area contributed by atoms with Crippen LogP contribution >= 0.6 is 0 Å². The Balaban J connectivity index is 2.90. The number of nitriles is 2. The molecule has 0 amide bonds. The molecule has 6 nitrogen and oxygen atoms in total. The van der Waals surface area contributed by atoms with Crippen LogP contribution in [0.4, 0.5) is 5.82 Å². The second-order valence-corrected chi connectivity index (χ2v) is 4.40. The summed E-state index contributed by atoms with van der Waals surface area (Å²) in [6, 6.07) is 8.93. The molecule has 0 bridgehead atoms. The van der Waals surface area contributed by atoms with Gasteiger partial charge in [-0.05, 0) is 30.2 Å². The number of ether oxygens (including phenoxy) is 1. The van der Waals surface area contributed by atoms with Crippen molar-refractivity contribution >= 4 is 5.82 Å². The van der Waals surface area contributed by atoms with Crippen molar-refractivity contribution in [3.63, 3.8) is 0 Å². The Labute approximate surface area is 121 Å². The smallest absolute Gasteiger partial charge is 0.268 e. The molecule has 0 radical (unpaired) electrons. The molecule has 21 heavy (non-hydrogen) atoms. The van der Waals surface area contributed by atoms with Crippen LogP contribution in [0.5, 0.6) is 5.75 Å². The predicted octanol–water partition coefficient (Wildman–Crippen LogP) is 1.68. The molecule has 104 valence electrons. The minimum Gasteiger partial charge on any atom is -0.497 e. The molecule has 0 unspecified atom stereocenters. The Morgan fingerprint density at radius 3 is 2.43 bits per heavy atom. The first-order chi connectivity index (χ1) is 10.0. The van der Waals surface area contributed by atoms with E-state index in [9.17, 15) is 15.3 Å². The maximum absolute atomic E-state index is 11.9. The second kappa shape index (κ2) is 5.40. The number of nitrogens with one attached hydrogen (secondary N) is 1. The molecule has 0 aliphatic heterocycles. The van der Waals surface area contributed by atoms with Gasteiger partial charge in [0.25, 0.3) is 5.56 Å². The molecule has 0 saturated carbocycles. The molecule has 6 heteroatoms. The van der Waals surface area contributed by atoms with Gasteiger partial charge < -0.3 is 15.5 Å². The van der Waals surface area contributed by atoms with Crippen molar-refractivity contribution in [1.29, 1.82) is 10.5 Å². The fourth-order valence-electron chi connectivity index (χ4n) is 2.16. The molecule has 0 aliphatic carbocycles. The van der Waals surface area contributed by atoms with E-state index in [4.69, 9.17) is 10.5 Å². The van der Waals surface area contributed by atoms with Crippen LogP contribution < -0.4 is 16.0 Å². The SMILES string of the molecule is COc1ccc(-c2c(C#N)c(N)[nH]c(=O)c2C#N)c(C)c1. The van der Waals surface area contributed by atoms with Gasteiger partial charge in [0.05, 0.1) is 7.11 Å². The van der Waals surface area contributed by atoms with Crippen LogP contribution in [0.15, 0.2) is 23.0 Å². The van der Waals surface area contributed by atoms with Gasteiger partial charge in [-0.15, -0.1) is 0 Å². The van der Waals surface area contributed by atoms with E-state index < -0.39 is 5.56 Å². The van der Waals surface area contributed by atoms with E-state index in [2.05, 4.69) is 4.98 Å². The van der Waals surface area contributed by atoms with Gasteiger partial charge in [0.1, 0.15) is 34.8 Å². The molecular formula is C15H12N4O2. The van der Waals surface area contributed by atoms with Gasteiger partial charge in [0, 0.05) is 5.56 Å². The number of hydrogen-bond donors (Lipinski definition) is 2. The number of methoxy groups -OCH3 is 1. The highest BCUT2D eigenvalue weighted by Crippen LogP contribution is 2.32. The van der Waals surface area contributed by atoms with Crippen molar-refractivity contribution in [3.05, 3.63) is 45.2 Å². The van der Waals surface area contributed by atoms with Crippen molar-refractivity contribution < 1.29 is 4.74 Å². The molecule has 0 atom stereocenters. The maximum atomic E-state index is 11.9. The minimum absolute atomic E-state index is 0.0493. The third kappa shape index (κ3) is 2.31. The number of nitrogen functional groups attached to an aromatic ring is 1. The van der Waals surface area contributed by atoms with Crippen LogP contribution in [0.3, 0.4) is 0 Å². The number of hydrogen-bond acceptors (Lipinski definition) is 5. The molecular weight excluding hydrogens is 268 g/mol. The predicted molar refractivity (Wildman–Crippen MR) is 77.6 cm³/mol. The maximum Gasteiger partial charge on any atom is 0.268 e. The summed E-state index contributed by atoms with van der Waals surface area (Å²) in [6.45, 7) is 1.80. The van der Waals surface area contributed by atoms with Gasteiger partial charge in [0.2, 0.25) is 0 Å². The number of anilines is 1. The van der Waals surface area contributed by atoms with Crippen molar-refractivity contribution in [2.45, 2.75) is 6.92 Å². The van der Waals surface area contributed by atoms with Crippen LogP contribution in [-0.4, -0.2) is 12.1 Å². The molecule has 0 saturated heterocycles. The molecule has 0 spiro atoms. The molecule has 1 aromatic heterocycles. The topological polar surface area (TPSA) is 116 Å². The zero-order chi connectivity index (χ0) is 15.6. The quantitative estimate of drug-likeness (QED) is 0.868. The van der Waals surface area contributed by atoms with Gasteiger partial charge in [-0.3, -0.25) is 4.79 Å². The molecule has 1 heterocycles. The number of aromatic amines is 1. The minimum atomic E-state index is -0.612. The zero-order valence-corrected chi connectivity index (χ0v) is 11.5. The summed E-state index contributed by atoms with van der Waals surface area (Å²) in [5.74, 6) is 0.595. The Morgan fingerprint density at radius 1 is 1.24 bits per heavy atom. The van der Waals surface area contributed by atoms with Gasteiger partial charge in [-0.2, -0.15) is 10.5 Å². The Kier molecular flexibility index (Phi) is 3.64. The molecule has 2 rings (SSSR count). The first-order valence-electron chi connectivity index (χ1n) is 6.04. The van der Waals surface area contributed by atoms with E-state index in [-0.39, 0.29) is 22.5 Å². The lowest BCUT2D eigenvalue weighted by Crippen LogP contribution is -2.16. The standard InChI is InChI=1S/C15H12N4O2/c1-8-5-9(21-2)3-4-10(8)13-11(6-16)14(18)19-15(20)12(13)7-17/h3-5H,1-2H3,(H3,18,19,20). The lowest BCUT2D eigenvalue weighted by molar-refractivity contribution is 0.414. The summed E-state index contributed by atoms with van der Waals surface area (Å²) in [5, 5.41) is 18.5. The molecule has 1 aromatic carbocycles. The van der Waals surface area contributed by atoms with E-state index in [0.717, 1.165) is 5.56 Å². The zero-order valence-electron chi connectivity index (χ0n) is 11.5. The van der Waals surface area contributed by atoms with Crippen molar-refractivity contribution in [2.24, 2.45) is 0 Å². The van der Waals surface area contributed by atoms with E-state index in [0.29, 0.717) is 11.3 Å². The summed E-state index contributed by atoms with van der Waals surface area (Å²) in [4.78, 5) is 14.2. The normalized spacial score (nSPS) is 9.71. The van der Waals surface area contributed by atoms with E-state index in [1.54, 1.807) is 32.2 Å². The van der Waals surface area contributed by atoms with Crippen LogP contribution in [-0.2, 0) is 0 Å². The van der Waals surface area contributed by atoms with Gasteiger partial charge in [-0.25, -0.2) is 0 Å². The fraction of sp³-hybridized carbons (Fsp3) is 0.133. The van der Waals surface area contributed by atoms with Gasteiger partial charge in [0.15, 0.2) is 0 Å². The van der Waals surface area contributed by atoms with E-state index in [1.807, 2.05) is 12.1 Å². The van der Waals surface area contributed by atoms with E-state index in [1.165, 1.54) is 0 Å². The van der Waals surface area contributed by atoms with Crippen LogP contribution in [0.1, 0.15) is 16.7 Å². The number of H-pyrrole nitrogens is 1. The fourth-order valence-corrected chi connectivity index (χ4v) is 2.16. The average molecular weight is 280 g/mol. The van der Waals surface area contributed by atoms with Crippen molar-refractivity contribution in [3.8, 4) is 29.0 Å². The third-order valence-electron chi connectivity index (χ3n) is 3.17. The average Bonchev–Trinajstić information content (AvgIpc) is 2.46. The molecule has 0 aliphatic rings. The number of nitrogens with two attached hydrogens (primary N) is 1. The first kappa shape index (κ1) is 14.2. The largest absolute Gasteiger partial charge is 0.497 e. The Bertz CT molecular complexity index is 854.